The van der Waals surface area contributed by atoms with Crippen molar-refractivity contribution >= 4 is 29.4 Å². The number of nitrogens with zero attached hydrogens (tertiary/aromatic N) is 3. The van der Waals surface area contributed by atoms with Crippen molar-refractivity contribution in [1.29, 1.82) is 0 Å². The van der Waals surface area contributed by atoms with Crippen molar-refractivity contribution in [2.24, 2.45) is 5.92 Å². The van der Waals surface area contributed by atoms with E-state index >= 15 is 0 Å². The minimum Gasteiger partial charge on any atom is -0.497 e. The molecule has 0 aliphatic heterocycles. The molecule has 1 heterocycles. The first-order valence-corrected chi connectivity index (χ1v) is 12.8. The second kappa shape index (κ2) is 12.0. The van der Waals surface area contributed by atoms with Crippen LogP contribution < -0.4 is 10.1 Å². The predicted molar refractivity (Wildman–Crippen MR) is 151 cm³/mol. The van der Waals surface area contributed by atoms with Crippen molar-refractivity contribution in [2.45, 2.75) is 20.8 Å². The number of methoxy groups -OCH3 is 1. The lowest BCUT2D eigenvalue weighted by Crippen LogP contribution is -2.40. The van der Waals surface area contributed by atoms with E-state index in [-0.39, 0.29) is 24.3 Å². The van der Waals surface area contributed by atoms with Crippen LogP contribution in [0.15, 0.2) is 79.0 Å². The Hall–Kier alpha value is -4.10. The number of halogens is 1. The third-order valence-corrected chi connectivity index (χ3v) is 6.17. The Morgan fingerprint density at radius 3 is 2.39 bits per heavy atom. The molecule has 196 valence electrons. The summed E-state index contributed by atoms with van der Waals surface area (Å²) >= 11 is 6.07. The Morgan fingerprint density at radius 2 is 1.76 bits per heavy atom. The highest BCUT2D eigenvalue weighted by Crippen LogP contribution is 2.26. The summed E-state index contributed by atoms with van der Waals surface area (Å²) in [5, 5.41) is 3.56. The first-order valence-electron chi connectivity index (χ1n) is 12.4. The first-order chi connectivity index (χ1) is 18.2. The molecule has 0 spiro atoms. The Balaban J connectivity index is 1.61. The number of ether oxygens (including phenoxy) is 1. The topological polar surface area (TPSA) is 76.5 Å². The predicted octanol–water partition coefficient (Wildman–Crippen LogP) is 6.25. The number of carbonyl (C=O) groups excluding carboxylic acids is 2. The van der Waals surface area contributed by atoms with E-state index in [1.54, 1.807) is 48.4 Å². The number of hydrogen-bond donors (Lipinski definition) is 1. The highest BCUT2D eigenvalue weighted by molar-refractivity contribution is 6.30. The van der Waals surface area contributed by atoms with Crippen molar-refractivity contribution in [2.75, 3.05) is 25.5 Å². The molecule has 1 N–H and O–H groups in total. The van der Waals surface area contributed by atoms with Crippen LogP contribution in [0.2, 0.25) is 5.02 Å². The zero-order valence-corrected chi connectivity index (χ0v) is 22.7. The molecule has 0 unspecified atom stereocenters. The van der Waals surface area contributed by atoms with Gasteiger partial charge in [-0.25, -0.2) is 4.98 Å². The second-order valence-corrected chi connectivity index (χ2v) is 9.96. The SMILES string of the molecule is COc1ccc(C(=O)N(CC(=O)Nc2nc(-c3ccc(Cl)cc3)cn2-c2cccc(C)c2)CC(C)C)cc1. The molecule has 0 aliphatic carbocycles. The number of carbonyl (C=O) groups is 2. The normalized spacial score (nSPS) is 10.9. The lowest BCUT2D eigenvalue weighted by molar-refractivity contribution is -0.117. The fourth-order valence-corrected chi connectivity index (χ4v) is 4.24. The van der Waals surface area contributed by atoms with E-state index in [9.17, 15) is 9.59 Å². The summed E-state index contributed by atoms with van der Waals surface area (Å²) in [6, 6.07) is 22.2. The molecule has 0 fully saturated rings. The Labute approximate surface area is 228 Å². The van der Waals surface area contributed by atoms with Crippen molar-refractivity contribution in [3.8, 4) is 22.7 Å². The average Bonchev–Trinajstić information content (AvgIpc) is 3.31. The van der Waals surface area contributed by atoms with Gasteiger partial charge < -0.3 is 9.64 Å². The first kappa shape index (κ1) is 26.9. The second-order valence-electron chi connectivity index (χ2n) is 9.52. The molecule has 1 aromatic heterocycles. The largest absolute Gasteiger partial charge is 0.497 e. The number of benzene rings is 3. The number of anilines is 1. The molecule has 0 radical (unpaired) electrons. The molecular formula is C30H31ClN4O3. The van der Waals surface area contributed by atoms with Gasteiger partial charge >= 0.3 is 0 Å². The minimum atomic E-state index is -0.338. The number of aryl methyl sites for hydroxylation is 1. The maximum absolute atomic E-state index is 13.3. The molecular weight excluding hydrogens is 500 g/mol. The summed E-state index contributed by atoms with van der Waals surface area (Å²) in [4.78, 5) is 32.8. The van der Waals surface area contributed by atoms with Crippen LogP contribution in [0.25, 0.3) is 16.9 Å². The van der Waals surface area contributed by atoms with Crippen LogP contribution >= 0.6 is 11.6 Å². The van der Waals surface area contributed by atoms with E-state index in [0.717, 1.165) is 16.8 Å². The number of hydrogen-bond acceptors (Lipinski definition) is 4. The molecule has 4 rings (SSSR count). The highest BCUT2D eigenvalue weighted by atomic mass is 35.5. The minimum absolute atomic E-state index is 0.111. The maximum atomic E-state index is 13.3. The van der Waals surface area contributed by atoms with E-state index in [0.29, 0.717) is 34.5 Å². The maximum Gasteiger partial charge on any atom is 0.254 e. The van der Waals surface area contributed by atoms with Crippen LogP contribution in [0.4, 0.5) is 5.95 Å². The Kier molecular flexibility index (Phi) is 8.48. The third-order valence-electron chi connectivity index (χ3n) is 5.92. The van der Waals surface area contributed by atoms with Crippen molar-refractivity contribution < 1.29 is 14.3 Å². The summed E-state index contributed by atoms with van der Waals surface area (Å²) in [7, 11) is 1.57. The molecule has 7 nitrogen and oxygen atoms in total. The van der Waals surface area contributed by atoms with E-state index in [1.807, 2.05) is 67.9 Å². The van der Waals surface area contributed by atoms with Gasteiger partial charge in [0.1, 0.15) is 12.3 Å². The lowest BCUT2D eigenvalue weighted by Gasteiger charge is -2.24. The fraction of sp³-hybridized carbons (Fsp3) is 0.233. The molecule has 0 saturated heterocycles. The zero-order valence-electron chi connectivity index (χ0n) is 21.9. The number of aromatic nitrogens is 2. The van der Waals surface area contributed by atoms with Gasteiger partial charge in [0.2, 0.25) is 11.9 Å². The number of nitrogens with one attached hydrogen (secondary N) is 1. The number of imidazole rings is 1. The molecule has 38 heavy (non-hydrogen) atoms. The van der Waals surface area contributed by atoms with Gasteiger partial charge in [-0.05, 0) is 66.9 Å². The summed E-state index contributed by atoms with van der Waals surface area (Å²) in [5.41, 5.74) is 3.99. The van der Waals surface area contributed by atoms with Crippen LogP contribution in [-0.4, -0.2) is 46.5 Å². The van der Waals surface area contributed by atoms with Gasteiger partial charge in [-0.15, -0.1) is 0 Å². The summed E-state index contributed by atoms with van der Waals surface area (Å²) in [6.45, 7) is 6.35. The zero-order chi connectivity index (χ0) is 27.2. The summed E-state index contributed by atoms with van der Waals surface area (Å²) in [5.74, 6) is 0.645. The van der Waals surface area contributed by atoms with Gasteiger partial charge in [0, 0.05) is 34.6 Å². The van der Waals surface area contributed by atoms with E-state index in [4.69, 9.17) is 21.3 Å². The average molecular weight is 531 g/mol. The quantitative estimate of drug-likeness (QED) is 0.277. The molecule has 0 atom stereocenters. The van der Waals surface area contributed by atoms with E-state index < -0.39 is 0 Å². The van der Waals surface area contributed by atoms with E-state index in [2.05, 4.69) is 5.32 Å². The molecule has 0 saturated carbocycles. The smallest absolute Gasteiger partial charge is 0.254 e. The van der Waals surface area contributed by atoms with Gasteiger partial charge in [-0.2, -0.15) is 0 Å². The molecule has 2 amide bonds. The Bertz CT molecular complexity index is 1410. The fourth-order valence-electron chi connectivity index (χ4n) is 4.12. The van der Waals surface area contributed by atoms with Crippen molar-refractivity contribution in [1.82, 2.24) is 14.5 Å². The standard InChI is InChI=1S/C30H31ClN4O3/c1-20(2)17-34(29(37)23-10-14-26(38-4)15-11-23)19-28(36)33-30-32-27(22-8-12-24(31)13-9-22)18-35(30)25-7-5-6-21(3)16-25/h5-16,18,20H,17,19H2,1-4H3,(H,32,33,36). The summed E-state index contributed by atoms with van der Waals surface area (Å²) in [6.07, 6.45) is 1.88. The van der Waals surface area contributed by atoms with Crippen molar-refractivity contribution in [3.05, 3.63) is 95.1 Å². The highest BCUT2D eigenvalue weighted by Gasteiger charge is 2.22. The molecule has 4 aromatic rings. The van der Waals surface area contributed by atoms with Crippen LogP contribution in [0.5, 0.6) is 5.75 Å². The van der Waals surface area contributed by atoms with Crippen LogP contribution in [0.3, 0.4) is 0 Å². The number of amides is 2. The van der Waals surface area contributed by atoms with Gasteiger partial charge in [-0.1, -0.05) is 49.7 Å². The van der Waals surface area contributed by atoms with Crippen LogP contribution in [0, 0.1) is 12.8 Å². The van der Waals surface area contributed by atoms with Crippen LogP contribution in [-0.2, 0) is 4.79 Å². The molecule has 8 heteroatoms. The van der Waals surface area contributed by atoms with Gasteiger partial charge in [0.25, 0.3) is 5.91 Å². The molecule has 0 bridgehead atoms. The van der Waals surface area contributed by atoms with Gasteiger partial charge in [-0.3, -0.25) is 19.5 Å². The van der Waals surface area contributed by atoms with Crippen molar-refractivity contribution in [3.63, 3.8) is 0 Å². The molecule has 3 aromatic carbocycles. The summed E-state index contributed by atoms with van der Waals surface area (Å²) < 4.78 is 7.04. The lowest BCUT2D eigenvalue weighted by atomic mass is 10.1. The van der Waals surface area contributed by atoms with Crippen LogP contribution in [0.1, 0.15) is 29.8 Å². The Morgan fingerprint density at radius 1 is 1.05 bits per heavy atom. The third kappa shape index (κ3) is 6.61. The molecule has 0 aliphatic rings. The van der Waals surface area contributed by atoms with Gasteiger partial charge in [0.15, 0.2) is 0 Å². The monoisotopic (exact) mass is 530 g/mol. The number of rotatable bonds is 9. The van der Waals surface area contributed by atoms with Gasteiger partial charge in [0.05, 0.1) is 12.8 Å². The van der Waals surface area contributed by atoms with E-state index in [1.165, 1.54) is 0 Å².